The third-order valence-electron chi connectivity index (χ3n) is 4.00. The number of sulfone groups is 1. The fourth-order valence-corrected chi connectivity index (χ4v) is 4.13. The number of halogens is 3. The van der Waals surface area contributed by atoms with Gasteiger partial charge in [0.15, 0.2) is 14.9 Å². The van der Waals surface area contributed by atoms with Crippen LogP contribution in [0.2, 0.25) is 0 Å². The number of hydrogen-bond donors (Lipinski definition) is 0. The summed E-state index contributed by atoms with van der Waals surface area (Å²) in [4.78, 5) is 11.5. The highest BCUT2D eigenvalue weighted by atomic mass is 32.2. The van der Waals surface area contributed by atoms with Crippen molar-refractivity contribution >= 4 is 32.7 Å². The maximum Gasteiger partial charge on any atom is 0.425 e. The lowest BCUT2D eigenvalue weighted by atomic mass is 9.92. The summed E-state index contributed by atoms with van der Waals surface area (Å²) in [7, 11) is -3.41. The molecule has 1 aliphatic heterocycles. The van der Waals surface area contributed by atoms with Gasteiger partial charge in [0.05, 0.1) is 10.5 Å². The molecule has 3 rings (SSSR count). The zero-order chi connectivity index (χ0) is 20.9. The monoisotopic (exact) mass is 432 g/mol. The quantitative estimate of drug-likeness (QED) is 0.674. The molecule has 0 radical (unpaired) electrons. The van der Waals surface area contributed by atoms with Gasteiger partial charge in [0, 0.05) is 6.26 Å². The Morgan fingerprint density at radius 1 is 1.07 bits per heavy atom. The van der Waals surface area contributed by atoms with Crippen molar-refractivity contribution in [3.63, 3.8) is 0 Å². The Labute approximate surface area is 163 Å². The molecule has 0 spiro atoms. The van der Waals surface area contributed by atoms with Gasteiger partial charge in [0.2, 0.25) is 5.76 Å². The van der Waals surface area contributed by atoms with Crippen molar-refractivity contribution in [2.45, 2.75) is 30.5 Å². The van der Waals surface area contributed by atoms with Crippen LogP contribution in [0.5, 0.6) is 5.06 Å². The highest BCUT2D eigenvalue weighted by Gasteiger charge is 2.43. The second-order valence-electron chi connectivity index (χ2n) is 6.62. The van der Waals surface area contributed by atoms with Crippen molar-refractivity contribution in [2.75, 3.05) is 6.26 Å². The van der Waals surface area contributed by atoms with Gasteiger partial charge in [-0.25, -0.2) is 13.2 Å². The van der Waals surface area contributed by atoms with Gasteiger partial charge in [-0.1, -0.05) is 23.5 Å². The SMILES string of the molecule is CC1(C)OC(=O)C(Oc2ccc(C(F)(F)F)s2)=C1c1ccc(S(C)(=O)=O)cc1. The summed E-state index contributed by atoms with van der Waals surface area (Å²) < 4.78 is 72.4. The Balaban J connectivity index is 2.04. The van der Waals surface area contributed by atoms with Crippen LogP contribution in [-0.2, 0) is 25.5 Å². The summed E-state index contributed by atoms with van der Waals surface area (Å²) in [5, 5.41) is -0.109. The number of esters is 1. The molecule has 0 amide bonds. The molecule has 0 saturated heterocycles. The van der Waals surface area contributed by atoms with Crippen LogP contribution in [0.1, 0.15) is 24.3 Å². The van der Waals surface area contributed by atoms with E-state index in [1.807, 2.05) is 0 Å². The van der Waals surface area contributed by atoms with Crippen LogP contribution in [0.25, 0.3) is 5.57 Å². The van der Waals surface area contributed by atoms with E-state index in [1.54, 1.807) is 13.8 Å². The second-order valence-corrected chi connectivity index (χ2v) is 9.68. The minimum Gasteiger partial charge on any atom is -0.449 e. The molecule has 10 heteroatoms. The van der Waals surface area contributed by atoms with Crippen molar-refractivity contribution in [3.8, 4) is 5.06 Å². The average Bonchev–Trinajstić information content (AvgIpc) is 3.09. The summed E-state index contributed by atoms with van der Waals surface area (Å²) in [6.45, 7) is 3.22. The zero-order valence-corrected chi connectivity index (χ0v) is 16.6. The number of thiophene rings is 1. The minimum atomic E-state index is -4.51. The first-order valence-electron chi connectivity index (χ1n) is 7.92. The van der Waals surface area contributed by atoms with Crippen molar-refractivity contribution in [3.05, 3.63) is 52.6 Å². The van der Waals surface area contributed by atoms with Crippen LogP contribution in [0.3, 0.4) is 0 Å². The van der Waals surface area contributed by atoms with Gasteiger partial charge >= 0.3 is 12.1 Å². The molecule has 1 aliphatic rings. The molecule has 1 aromatic carbocycles. The van der Waals surface area contributed by atoms with E-state index in [9.17, 15) is 26.4 Å². The first kappa shape index (κ1) is 20.4. The van der Waals surface area contributed by atoms with Crippen molar-refractivity contribution < 1.29 is 35.9 Å². The molecule has 5 nitrogen and oxygen atoms in total. The molecular formula is C18H15F3O5S2. The van der Waals surface area contributed by atoms with Gasteiger partial charge < -0.3 is 9.47 Å². The predicted octanol–water partition coefficient (Wildman–Crippen LogP) is 4.30. The number of alkyl halides is 3. The number of ether oxygens (including phenoxy) is 2. The minimum absolute atomic E-state index is 0.0930. The Morgan fingerprint density at radius 2 is 1.68 bits per heavy atom. The van der Waals surface area contributed by atoms with Crippen molar-refractivity contribution in [1.29, 1.82) is 0 Å². The third kappa shape index (κ3) is 3.93. The van der Waals surface area contributed by atoms with Crippen LogP contribution >= 0.6 is 11.3 Å². The largest absolute Gasteiger partial charge is 0.449 e. The van der Waals surface area contributed by atoms with Gasteiger partial charge in [-0.15, -0.1) is 0 Å². The van der Waals surface area contributed by atoms with E-state index in [2.05, 4.69) is 0 Å². The molecule has 150 valence electrons. The highest BCUT2D eigenvalue weighted by Crippen LogP contribution is 2.43. The summed E-state index contributed by atoms with van der Waals surface area (Å²) in [6.07, 6.45) is -3.45. The van der Waals surface area contributed by atoms with Gasteiger partial charge in [-0.2, -0.15) is 13.2 Å². The van der Waals surface area contributed by atoms with Crippen molar-refractivity contribution in [2.24, 2.45) is 0 Å². The predicted molar refractivity (Wildman–Crippen MR) is 96.6 cm³/mol. The zero-order valence-electron chi connectivity index (χ0n) is 15.0. The Morgan fingerprint density at radius 3 is 2.18 bits per heavy atom. The van der Waals surface area contributed by atoms with E-state index in [1.165, 1.54) is 24.3 Å². The lowest BCUT2D eigenvalue weighted by Gasteiger charge is -2.21. The van der Waals surface area contributed by atoms with Gasteiger partial charge in [-0.3, -0.25) is 0 Å². The number of benzene rings is 1. The first-order valence-corrected chi connectivity index (χ1v) is 10.6. The van der Waals surface area contributed by atoms with Gasteiger partial charge in [0.1, 0.15) is 10.5 Å². The Bertz CT molecular complexity index is 1060. The summed E-state index contributed by atoms with van der Waals surface area (Å²) in [5.41, 5.74) is -0.325. The lowest BCUT2D eigenvalue weighted by molar-refractivity contribution is -0.145. The Hall–Kier alpha value is -2.33. The fourth-order valence-electron chi connectivity index (χ4n) is 2.77. The molecule has 0 atom stereocenters. The van der Waals surface area contributed by atoms with E-state index in [4.69, 9.17) is 9.47 Å². The summed E-state index contributed by atoms with van der Waals surface area (Å²) in [5.74, 6) is -1.04. The van der Waals surface area contributed by atoms with Crippen LogP contribution < -0.4 is 4.74 Å². The molecule has 2 heterocycles. The van der Waals surface area contributed by atoms with Crippen LogP contribution in [0.15, 0.2) is 47.1 Å². The Kier molecular flexibility index (Phi) is 4.83. The van der Waals surface area contributed by atoms with E-state index in [0.29, 0.717) is 22.5 Å². The second kappa shape index (κ2) is 6.63. The van der Waals surface area contributed by atoms with Gasteiger partial charge in [0.25, 0.3) is 0 Å². The fraction of sp³-hybridized carbons (Fsp3) is 0.278. The van der Waals surface area contributed by atoms with E-state index in [0.717, 1.165) is 18.4 Å². The van der Waals surface area contributed by atoms with E-state index in [-0.39, 0.29) is 15.7 Å². The number of hydrogen-bond acceptors (Lipinski definition) is 6. The lowest BCUT2D eigenvalue weighted by Crippen LogP contribution is -2.22. The number of carbonyl (C=O) groups excluding carboxylic acids is 1. The highest BCUT2D eigenvalue weighted by molar-refractivity contribution is 7.90. The molecule has 0 bridgehead atoms. The van der Waals surface area contributed by atoms with Crippen LogP contribution in [0, 0.1) is 0 Å². The number of cyclic esters (lactones) is 1. The summed E-state index contributed by atoms with van der Waals surface area (Å²) in [6, 6.07) is 7.74. The standard InChI is InChI=1S/C18H15F3O5S2/c1-17(2)14(10-4-6-11(7-5-10)28(3,23)24)15(16(22)26-17)25-13-9-8-12(27-13)18(19,20)21/h4-9H,1-3H3. The number of rotatable bonds is 4. The molecule has 0 N–H and O–H groups in total. The molecule has 0 unspecified atom stereocenters. The molecule has 0 aliphatic carbocycles. The molecule has 2 aromatic rings. The van der Waals surface area contributed by atoms with Gasteiger partial charge in [-0.05, 0) is 43.7 Å². The topological polar surface area (TPSA) is 69.7 Å². The number of carbonyl (C=O) groups is 1. The third-order valence-corrected chi connectivity index (χ3v) is 6.13. The average molecular weight is 432 g/mol. The molecule has 28 heavy (non-hydrogen) atoms. The maximum absolute atomic E-state index is 12.8. The summed E-state index contributed by atoms with van der Waals surface area (Å²) >= 11 is 0.363. The van der Waals surface area contributed by atoms with E-state index < -0.39 is 32.5 Å². The van der Waals surface area contributed by atoms with Crippen LogP contribution in [-0.4, -0.2) is 26.2 Å². The molecule has 0 fully saturated rings. The van der Waals surface area contributed by atoms with Crippen LogP contribution in [0.4, 0.5) is 13.2 Å². The van der Waals surface area contributed by atoms with Crippen molar-refractivity contribution in [1.82, 2.24) is 0 Å². The first-order chi connectivity index (χ1) is 12.8. The normalized spacial score (nSPS) is 17.0. The molecule has 0 saturated carbocycles. The maximum atomic E-state index is 12.8. The smallest absolute Gasteiger partial charge is 0.425 e. The molecular weight excluding hydrogens is 417 g/mol. The molecule has 1 aromatic heterocycles. The van der Waals surface area contributed by atoms with E-state index >= 15 is 0 Å².